The second-order valence-electron chi connectivity index (χ2n) is 12.5. The Kier molecular flexibility index (Phi) is 9.60. The number of carbonyl (C=O) groups is 2. The number of halogens is 1. The average Bonchev–Trinajstić information content (AvgIpc) is 3.88. The number of hydrogen-bond donors (Lipinski definition) is 1. The number of hydrogen-bond acceptors (Lipinski definition) is 8. The second-order valence-corrected chi connectivity index (χ2v) is 12.5. The number of methoxy groups -OCH3 is 3. The number of ether oxygens (including phenoxy) is 3. The summed E-state index contributed by atoms with van der Waals surface area (Å²) in [5, 5.41) is 8.32. The number of fused-ring (bicyclic) bond motifs is 1. The SMILES string of the molecule is COc1ccccc1-c1cc(C2=CCCN(C(=O)CCn3ccnn3)C2)c(F)c2[nH]c(C(=O)N3CCN(c4cccc(OC)c4OC)CC3)cc12. The number of para-hydroxylation sites is 2. The smallest absolute Gasteiger partial charge is 0.270 e. The monoisotopic (exact) mass is 693 g/mol. The van der Waals surface area contributed by atoms with Gasteiger partial charge in [0.1, 0.15) is 11.4 Å². The molecule has 1 saturated heterocycles. The van der Waals surface area contributed by atoms with Gasteiger partial charge in [-0.3, -0.25) is 14.3 Å². The Morgan fingerprint density at radius 3 is 2.39 bits per heavy atom. The molecule has 0 aliphatic carbocycles. The van der Waals surface area contributed by atoms with Crippen molar-refractivity contribution in [3.05, 3.63) is 90.1 Å². The zero-order valence-corrected chi connectivity index (χ0v) is 28.9. The van der Waals surface area contributed by atoms with Crippen LogP contribution in [-0.4, -0.2) is 102 Å². The highest BCUT2D eigenvalue weighted by atomic mass is 19.1. The largest absolute Gasteiger partial charge is 0.496 e. The number of carbonyl (C=O) groups excluding carboxylic acids is 2. The average molecular weight is 694 g/mol. The quantitative estimate of drug-likeness (QED) is 0.211. The van der Waals surface area contributed by atoms with Crippen molar-refractivity contribution in [2.75, 3.05) is 65.5 Å². The summed E-state index contributed by atoms with van der Waals surface area (Å²) in [6.45, 7) is 3.33. The van der Waals surface area contributed by atoms with Gasteiger partial charge in [0.15, 0.2) is 17.3 Å². The first kappa shape index (κ1) is 33.6. The maximum atomic E-state index is 16.7. The van der Waals surface area contributed by atoms with Gasteiger partial charge in [0.2, 0.25) is 5.91 Å². The van der Waals surface area contributed by atoms with Crippen molar-refractivity contribution >= 4 is 34.0 Å². The van der Waals surface area contributed by atoms with E-state index in [9.17, 15) is 9.59 Å². The Morgan fingerprint density at radius 2 is 1.65 bits per heavy atom. The van der Waals surface area contributed by atoms with Gasteiger partial charge in [-0.25, -0.2) is 4.39 Å². The highest BCUT2D eigenvalue weighted by Gasteiger charge is 2.29. The topological polar surface area (TPSA) is 118 Å². The van der Waals surface area contributed by atoms with Crippen molar-refractivity contribution in [1.29, 1.82) is 0 Å². The fourth-order valence-electron chi connectivity index (χ4n) is 7.01. The lowest BCUT2D eigenvalue weighted by atomic mass is 9.93. The van der Waals surface area contributed by atoms with Gasteiger partial charge in [-0.15, -0.1) is 5.10 Å². The molecular formula is C38H40FN7O5. The molecule has 4 heterocycles. The van der Waals surface area contributed by atoms with Crippen LogP contribution in [0.5, 0.6) is 17.2 Å². The molecule has 51 heavy (non-hydrogen) atoms. The lowest BCUT2D eigenvalue weighted by molar-refractivity contribution is -0.131. The van der Waals surface area contributed by atoms with Crippen LogP contribution in [0.25, 0.3) is 27.6 Å². The second kappa shape index (κ2) is 14.6. The predicted molar refractivity (Wildman–Crippen MR) is 192 cm³/mol. The first-order valence-corrected chi connectivity index (χ1v) is 16.9. The Labute approximate surface area is 295 Å². The first-order valence-electron chi connectivity index (χ1n) is 16.9. The van der Waals surface area contributed by atoms with E-state index >= 15 is 4.39 Å². The molecular weight excluding hydrogens is 653 g/mol. The van der Waals surface area contributed by atoms with Gasteiger partial charge in [0.25, 0.3) is 5.91 Å². The molecule has 0 radical (unpaired) electrons. The van der Waals surface area contributed by atoms with Crippen molar-refractivity contribution in [2.45, 2.75) is 19.4 Å². The number of anilines is 1. The molecule has 5 aromatic rings. The van der Waals surface area contributed by atoms with Crippen LogP contribution >= 0.6 is 0 Å². The van der Waals surface area contributed by atoms with E-state index in [1.807, 2.05) is 54.6 Å². The van der Waals surface area contributed by atoms with Crippen molar-refractivity contribution < 1.29 is 28.2 Å². The maximum absolute atomic E-state index is 16.7. The number of nitrogens with one attached hydrogen (secondary N) is 1. The highest BCUT2D eigenvalue weighted by Crippen LogP contribution is 2.41. The summed E-state index contributed by atoms with van der Waals surface area (Å²) >= 11 is 0. The van der Waals surface area contributed by atoms with Gasteiger partial charge in [-0.1, -0.05) is 35.6 Å². The summed E-state index contributed by atoms with van der Waals surface area (Å²) in [6, 6.07) is 16.9. The lowest BCUT2D eigenvalue weighted by Gasteiger charge is -2.36. The third-order valence-corrected chi connectivity index (χ3v) is 9.65. The number of benzene rings is 3. The van der Waals surface area contributed by atoms with Gasteiger partial charge in [0, 0.05) is 68.4 Å². The Morgan fingerprint density at radius 1 is 0.863 bits per heavy atom. The molecule has 7 rings (SSSR count). The minimum absolute atomic E-state index is 0.0414. The molecule has 3 aromatic carbocycles. The van der Waals surface area contributed by atoms with Crippen LogP contribution in [0.15, 0.2) is 73.1 Å². The van der Waals surface area contributed by atoms with Crippen LogP contribution < -0.4 is 19.1 Å². The third-order valence-electron chi connectivity index (χ3n) is 9.65. The van der Waals surface area contributed by atoms with Gasteiger partial charge in [-0.2, -0.15) is 0 Å². The number of piperazine rings is 1. The number of aromatic amines is 1. The summed E-state index contributed by atoms with van der Waals surface area (Å²) in [5.74, 6) is 1.19. The molecule has 0 spiro atoms. The number of nitrogens with zero attached hydrogens (tertiary/aromatic N) is 6. The van der Waals surface area contributed by atoms with Crippen molar-refractivity contribution in [3.63, 3.8) is 0 Å². The van der Waals surface area contributed by atoms with Crippen LogP contribution in [0.2, 0.25) is 0 Å². The fraction of sp³-hybridized carbons (Fsp3) is 0.316. The van der Waals surface area contributed by atoms with Crippen molar-refractivity contribution in [2.24, 2.45) is 0 Å². The first-order chi connectivity index (χ1) is 24.9. The van der Waals surface area contributed by atoms with E-state index in [4.69, 9.17) is 14.2 Å². The van der Waals surface area contributed by atoms with Crippen molar-refractivity contribution in [3.8, 4) is 28.4 Å². The Hall–Kier alpha value is -5.85. The maximum Gasteiger partial charge on any atom is 0.270 e. The molecule has 264 valence electrons. The summed E-state index contributed by atoms with van der Waals surface area (Å²) in [5.41, 5.74) is 4.00. The van der Waals surface area contributed by atoms with E-state index in [0.29, 0.717) is 85.2 Å². The van der Waals surface area contributed by atoms with Gasteiger partial charge < -0.3 is 33.9 Å². The fourth-order valence-corrected chi connectivity index (χ4v) is 7.01. The molecule has 2 aromatic heterocycles. The van der Waals surface area contributed by atoms with E-state index in [2.05, 4.69) is 20.2 Å². The predicted octanol–water partition coefficient (Wildman–Crippen LogP) is 5.26. The normalized spacial score (nSPS) is 14.8. The van der Waals surface area contributed by atoms with Crippen LogP contribution in [0.4, 0.5) is 10.1 Å². The van der Waals surface area contributed by atoms with Gasteiger partial charge in [0.05, 0.1) is 45.3 Å². The number of rotatable bonds is 10. The van der Waals surface area contributed by atoms with Crippen LogP contribution in [0.3, 0.4) is 0 Å². The zero-order chi connectivity index (χ0) is 35.5. The molecule has 13 heteroatoms. The molecule has 12 nitrogen and oxygen atoms in total. The summed E-state index contributed by atoms with van der Waals surface area (Å²) in [7, 11) is 4.82. The Bertz CT molecular complexity index is 2090. The third kappa shape index (κ3) is 6.58. The number of amides is 2. The standard InChI is InChI=1S/C38H40FN7O5/c1-49-32-11-5-4-9-26(32)28-22-27(25-8-7-15-45(24-25)34(47)13-16-46-17-14-40-42-46)35(39)36-29(28)23-30(41-36)38(48)44-20-18-43(19-21-44)31-10-6-12-33(50-2)37(31)51-3/h4-6,8-12,14,17,22-23,41H,7,13,15-16,18-21,24H2,1-3H3. The molecule has 2 aliphatic rings. The lowest BCUT2D eigenvalue weighted by Crippen LogP contribution is -2.49. The summed E-state index contributed by atoms with van der Waals surface area (Å²) < 4.78 is 35.2. The van der Waals surface area contributed by atoms with E-state index in [1.54, 1.807) is 54.3 Å². The molecule has 0 atom stereocenters. The van der Waals surface area contributed by atoms with E-state index in [-0.39, 0.29) is 30.3 Å². The van der Waals surface area contributed by atoms with Crippen LogP contribution in [-0.2, 0) is 11.3 Å². The summed E-state index contributed by atoms with van der Waals surface area (Å²) in [6.07, 6.45) is 6.13. The van der Waals surface area contributed by atoms with Crippen molar-refractivity contribution in [1.82, 2.24) is 29.8 Å². The molecule has 0 saturated carbocycles. The molecule has 2 amide bonds. The van der Waals surface area contributed by atoms with Crippen LogP contribution in [0, 0.1) is 5.82 Å². The number of H-pyrrole nitrogens is 1. The zero-order valence-electron chi connectivity index (χ0n) is 28.9. The molecule has 0 unspecified atom stereocenters. The molecule has 1 N–H and O–H groups in total. The minimum Gasteiger partial charge on any atom is -0.496 e. The van der Waals surface area contributed by atoms with Gasteiger partial charge >= 0.3 is 0 Å². The molecule has 1 fully saturated rings. The summed E-state index contributed by atoms with van der Waals surface area (Å²) in [4.78, 5) is 36.0. The van der Waals surface area contributed by atoms with E-state index < -0.39 is 5.82 Å². The minimum atomic E-state index is -0.471. The van der Waals surface area contributed by atoms with E-state index in [1.165, 1.54) is 0 Å². The molecule has 0 bridgehead atoms. The Balaban J connectivity index is 1.18. The highest BCUT2D eigenvalue weighted by molar-refractivity contribution is 6.05. The number of aromatic nitrogens is 4. The molecule has 2 aliphatic heterocycles. The van der Waals surface area contributed by atoms with Gasteiger partial charge in [-0.05, 0) is 47.9 Å². The number of aryl methyl sites for hydroxylation is 1. The van der Waals surface area contributed by atoms with E-state index in [0.717, 1.165) is 16.8 Å². The van der Waals surface area contributed by atoms with Crippen LogP contribution in [0.1, 0.15) is 28.9 Å².